The van der Waals surface area contributed by atoms with Crippen LogP contribution in [0.2, 0.25) is 0 Å². The number of pyridine rings is 1. The highest BCUT2D eigenvalue weighted by Gasteiger charge is 2.10. The highest BCUT2D eigenvalue weighted by atomic mass is 32.1. The van der Waals surface area contributed by atoms with Gasteiger partial charge in [-0.2, -0.15) is 0 Å². The maximum absolute atomic E-state index is 12.2. The standard InChI is InChI=1S/C15H19N3OS/c1-2-7-17-14-11-16-8-6-13(14)15(19)18-9-5-12-4-3-10-20-12/h3-4,6,8,10-11,17H,2,5,7,9H2,1H3,(H,18,19). The largest absolute Gasteiger partial charge is 0.383 e. The lowest BCUT2D eigenvalue weighted by Gasteiger charge is -2.10. The molecule has 2 aromatic rings. The average molecular weight is 289 g/mol. The van der Waals surface area contributed by atoms with Crippen LogP contribution in [-0.4, -0.2) is 24.0 Å². The van der Waals surface area contributed by atoms with Gasteiger partial charge in [0, 0.05) is 24.2 Å². The molecule has 106 valence electrons. The van der Waals surface area contributed by atoms with Gasteiger partial charge >= 0.3 is 0 Å². The summed E-state index contributed by atoms with van der Waals surface area (Å²) in [7, 11) is 0. The Labute approximate surface area is 123 Å². The fourth-order valence-electron chi connectivity index (χ4n) is 1.84. The zero-order valence-corrected chi connectivity index (χ0v) is 12.4. The molecule has 0 unspecified atom stereocenters. The van der Waals surface area contributed by atoms with Crippen molar-refractivity contribution in [1.29, 1.82) is 0 Å². The molecule has 0 spiro atoms. The summed E-state index contributed by atoms with van der Waals surface area (Å²) in [6, 6.07) is 5.85. The number of anilines is 1. The lowest BCUT2D eigenvalue weighted by atomic mass is 10.2. The highest BCUT2D eigenvalue weighted by molar-refractivity contribution is 7.09. The summed E-state index contributed by atoms with van der Waals surface area (Å²) in [5, 5.41) is 8.23. The summed E-state index contributed by atoms with van der Waals surface area (Å²) in [6.45, 7) is 3.57. The molecule has 0 aliphatic rings. The molecule has 2 N–H and O–H groups in total. The van der Waals surface area contributed by atoms with Gasteiger partial charge < -0.3 is 10.6 Å². The molecule has 0 aliphatic carbocycles. The number of carbonyl (C=O) groups excluding carboxylic acids is 1. The van der Waals surface area contributed by atoms with E-state index in [-0.39, 0.29) is 5.91 Å². The van der Waals surface area contributed by atoms with Gasteiger partial charge in [-0.15, -0.1) is 11.3 Å². The average Bonchev–Trinajstić information content (AvgIpc) is 2.98. The Morgan fingerprint density at radius 3 is 3.00 bits per heavy atom. The number of rotatable bonds is 7. The second-order valence-corrected chi connectivity index (χ2v) is 5.47. The third-order valence-electron chi connectivity index (χ3n) is 2.87. The van der Waals surface area contributed by atoms with Crippen molar-refractivity contribution < 1.29 is 4.79 Å². The van der Waals surface area contributed by atoms with Gasteiger partial charge in [-0.05, 0) is 30.4 Å². The fourth-order valence-corrected chi connectivity index (χ4v) is 2.55. The van der Waals surface area contributed by atoms with Gasteiger partial charge in [0.2, 0.25) is 0 Å². The number of thiophene rings is 1. The molecule has 0 saturated carbocycles. The van der Waals surface area contributed by atoms with Gasteiger partial charge in [-0.3, -0.25) is 9.78 Å². The summed E-state index contributed by atoms with van der Waals surface area (Å²) in [5.74, 6) is -0.0532. The molecule has 20 heavy (non-hydrogen) atoms. The fraction of sp³-hybridized carbons (Fsp3) is 0.333. The molecule has 0 radical (unpaired) electrons. The molecule has 2 rings (SSSR count). The van der Waals surface area contributed by atoms with Crippen LogP contribution < -0.4 is 10.6 Å². The Kier molecular flexibility index (Phi) is 5.55. The molecule has 5 heteroatoms. The zero-order valence-electron chi connectivity index (χ0n) is 11.6. The number of amides is 1. The molecule has 1 amide bonds. The van der Waals surface area contributed by atoms with E-state index in [2.05, 4.69) is 28.6 Å². The smallest absolute Gasteiger partial charge is 0.253 e. The first-order valence-corrected chi connectivity index (χ1v) is 7.67. The van der Waals surface area contributed by atoms with E-state index in [1.54, 1.807) is 29.8 Å². The first-order chi connectivity index (χ1) is 9.81. The number of carbonyl (C=O) groups is 1. The maximum Gasteiger partial charge on any atom is 0.253 e. The van der Waals surface area contributed by atoms with E-state index in [1.807, 2.05) is 11.4 Å². The number of hydrogen-bond donors (Lipinski definition) is 2. The van der Waals surface area contributed by atoms with Crippen LogP contribution in [0.3, 0.4) is 0 Å². The molecule has 2 heterocycles. The quantitative estimate of drug-likeness (QED) is 0.824. The van der Waals surface area contributed by atoms with Crippen LogP contribution in [0, 0.1) is 0 Å². The third-order valence-corrected chi connectivity index (χ3v) is 3.80. The van der Waals surface area contributed by atoms with Gasteiger partial charge in [-0.25, -0.2) is 0 Å². The van der Waals surface area contributed by atoms with Crippen molar-refractivity contribution >= 4 is 22.9 Å². The Morgan fingerprint density at radius 1 is 1.35 bits per heavy atom. The minimum atomic E-state index is -0.0532. The van der Waals surface area contributed by atoms with Crippen LogP contribution >= 0.6 is 11.3 Å². The Hall–Kier alpha value is -1.88. The van der Waals surface area contributed by atoms with E-state index in [1.165, 1.54) is 4.88 Å². The van der Waals surface area contributed by atoms with E-state index >= 15 is 0 Å². The first kappa shape index (κ1) is 14.5. The van der Waals surface area contributed by atoms with Crippen molar-refractivity contribution in [2.75, 3.05) is 18.4 Å². The van der Waals surface area contributed by atoms with Crippen LogP contribution in [0.5, 0.6) is 0 Å². The Bertz CT molecular complexity index is 540. The van der Waals surface area contributed by atoms with E-state index in [0.29, 0.717) is 12.1 Å². The Balaban J connectivity index is 1.91. The first-order valence-electron chi connectivity index (χ1n) is 6.79. The SMILES string of the molecule is CCCNc1cnccc1C(=O)NCCc1cccs1. The molecule has 4 nitrogen and oxygen atoms in total. The molecule has 0 bridgehead atoms. The predicted molar refractivity (Wildman–Crippen MR) is 83.4 cm³/mol. The van der Waals surface area contributed by atoms with Crippen molar-refractivity contribution in [2.24, 2.45) is 0 Å². The molecule has 0 saturated heterocycles. The summed E-state index contributed by atoms with van der Waals surface area (Å²) < 4.78 is 0. The second-order valence-electron chi connectivity index (χ2n) is 4.43. The minimum absolute atomic E-state index is 0.0532. The molecular formula is C15H19N3OS. The molecular weight excluding hydrogens is 270 g/mol. The van der Waals surface area contributed by atoms with Gasteiger partial charge in [0.1, 0.15) is 0 Å². The van der Waals surface area contributed by atoms with Gasteiger partial charge in [0.25, 0.3) is 5.91 Å². The summed E-state index contributed by atoms with van der Waals surface area (Å²) >= 11 is 1.71. The van der Waals surface area contributed by atoms with Crippen LogP contribution in [-0.2, 0) is 6.42 Å². The summed E-state index contributed by atoms with van der Waals surface area (Å²) in [4.78, 5) is 17.5. The topological polar surface area (TPSA) is 54.0 Å². The second kappa shape index (κ2) is 7.65. The summed E-state index contributed by atoms with van der Waals surface area (Å²) in [5.41, 5.74) is 1.45. The van der Waals surface area contributed by atoms with E-state index < -0.39 is 0 Å². The third kappa shape index (κ3) is 4.06. The predicted octanol–water partition coefficient (Wildman–Crippen LogP) is 2.94. The summed E-state index contributed by atoms with van der Waals surface area (Å²) in [6.07, 6.45) is 5.22. The zero-order chi connectivity index (χ0) is 14.2. The van der Waals surface area contributed by atoms with Crippen molar-refractivity contribution in [3.05, 3.63) is 46.4 Å². The van der Waals surface area contributed by atoms with E-state index in [0.717, 1.165) is 25.1 Å². The molecule has 0 aromatic carbocycles. The molecule has 2 aromatic heterocycles. The monoisotopic (exact) mass is 289 g/mol. The number of nitrogens with one attached hydrogen (secondary N) is 2. The number of aromatic nitrogens is 1. The number of nitrogens with zero attached hydrogens (tertiary/aromatic N) is 1. The van der Waals surface area contributed by atoms with Crippen LogP contribution in [0.1, 0.15) is 28.6 Å². The van der Waals surface area contributed by atoms with E-state index in [9.17, 15) is 4.79 Å². The maximum atomic E-state index is 12.2. The minimum Gasteiger partial charge on any atom is -0.383 e. The van der Waals surface area contributed by atoms with Crippen LogP contribution in [0.25, 0.3) is 0 Å². The lowest BCUT2D eigenvalue weighted by Crippen LogP contribution is -2.26. The number of hydrogen-bond acceptors (Lipinski definition) is 4. The highest BCUT2D eigenvalue weighted by Crippen LogP contribution is 2.13. The van der Waals surface area contributed by atoms with Crippen molar-refractivity contribution in [3.8, 4) is 0 Å². The Morgan fingerprint density at radius 2 is 2.25 bits per heavy atom. The van der Waals surface area contributed by atoms with Gasteiger partial charge in [-0.1, -0.05) is 13.0 Å². The van der Waals surface area contributed by atoms with Crippen molar-refractivity contribution in [3.63, 3.8) is 0 Å². The van der Waals surface area contributed by atoms with Crippen LogP contribution in [0.15, 0.2) is 36.0 Å². The van der Waals surface area contributed by atoms with Crippen LogP contribution in [0.4, 0.5) is 5.69 Å². The normalized spacial score (nSPS) is 10.2. The van der Waals surface area contributed by atoms with Crippen molar-refractivity contribution in [1.82, 2.24) is 10.3 Å². The molecule has 0 atom stereocenters. The molecule has 0 fully saturated rings. The van der Waals surface area contributed by atoms with Gasteiger partial charge in [0.15, 0.2) is 0 Å². The molecule has 0 aliphatic heterocycles. The lowest BCUT2D eigenvalue weighted by molar-refractivity contribution is 0.0955. The van der Waals surface area contributed by atoms with E-state index in [4.69, 9.17) is 0 Å². The van der Waals surface area contributed by atoms with Crippen molar-refractivity contribution in [2.45, 2.75) is 19.8 Å². The van der Waals surface area contributed by atoms with Gasteiger partial charge in [0.05, 0.1) is 17.4 Å².